The molecule has 0 unspecified atom stereocenters. The van der Waals surface area contributed by atoms with Crippen LogP contribution in [-0.4, -0.2) is 33.0 Å². The molecule has 0 saturated carbocycles. The summed E-state index contributed by atoms with van der Waals surface area (Å²) in [7, 11) is 0. The maximum absolute atomic E-state index is 5.83. The van der Waals surface area contributed by atoms with E-state index >= 15 is 0 Å². The third kappa shape index (κ3) is 5.54. The van der Waals surface area contributed by atoms with E-state index in [1.165, 1.54) is 5.56 Å². The van der Waals surface area contributed by atoms with Crippen LogP contribution in [0.2, 0.25) is 0 Å². The molecule has 1 aliphatic rings. The van der Waals surface area contributed by atoms with Gasteiger partial charge in [-0.3, -0.25) is 0 Å². The Labute approximate surface area is 185 Å². The summed E-state index contributed by atoms with van der Waals surface area (Å²) in [6.45, 7) is 11.2. The minimum absolute atomic E-state index is 0. The normalized spacial score (nSPS) is 13.7. The summed E-state index contributed by atoms with van der Waals surface area (Å²) in [5, 5.41) is 3.53. The van der Waals surface area contributed by atoms with Gasteiger partial charge in [0.15, 0.2) is 23.0 Å². The van der Waals surface area contributed by atoms with Crippen LogP contribution in [0.1, 0.15) is 44.4 Å². The molecule has 0 aromatic heterocycles. The Morgan fingerprint density at radius 1 is 0.767 bits per heavy atom. The molecular formula is C24H31ClNO4-. The molecule has 2 aromatic rings. The SMILES string of the molecule is CCOc1ccc(C=C2NCCc3cc(OCC)c(OCC)cc32)cc1OCC.[Cl-]. The molecule has 30 heavy (non-hydrogen) atoms. The number of nitrogens with one attached hydrogen (secondary N) is 1. The van der Waals surface area contributed by atoms with E-state index in [4.69, 9.17) is 18.9 Å². The Morgan fingerprint density at radius 2 is 1.33 bits per heavy atom. The van der Waals surface area contributed by atoms with Crippen molar-refractivity contribution in [3.05, 3.63) is 47.0 Å². The Morgan fingerprint density at radius 3 is 1.97 bits per heavy atom. The molecule has 5 nitrogen and oxygen atoms in total. The number of benzene rings is 2. The molecule has 3 rings (SSSR count). The summed E-state index contributed by atoms with van der Waals surface area (Å²) in [5.41, 5.74) is 4.54. The van der Waals surface area contributed by atoms with Crippen LogP contribution in [0.15, 0.2) is 30.3 Å². The molecule has 2 aromatic carbocycles. The quantitative estimate of drug-likeness (QED) is 0.656. The molecule has 0 aliphatic carbocycles. The van der Waals surface area contributed by atoms with Gasteiger partial charge in [0.2, 0.25) is 0 Å². The zero-order valence-corrected chi connectivity index (χ0v) is 19.0. The lowest BCUT2D eigenvalue weighted by Crippen LogP contribution is -3.00. The molecule has 1 N–H and O–H groups in total. The highest BCUT2D eigenvalue weighted by Gasteiger charge is 2.19. The van der Waals surface area contributed by atoms with E-state index in [2.05, 4.69) is 29.6 Å². The standard InChI is InChI=1S/C24H31NO4.ClH/c1-5-26-21-10-9-17(14-22(21)27-6-2)13-20-19-16-24(29-8-4)23(28-7-3)15-18(19)11-12-25-20;/h9-10,13-16,25H,5-8,11-12H2,1-4H3;1H/p-1. The summed E-state index contributed by atoms with van der Waals surface area (Å²) in [6, 6.07) is 10.2. The number of fused-ring (bicyclic) bond motifs is 1. The van der Waals surface area contributed by atoms with Crippen molar-refractivity contribution in [3.8, 4) is 23.0 Å². The molecule has 0 amide bonds. The van der Waals surface area contributed by atoms with Crippen molar-refractivity contribution >= 4 is 11.8 Å². The number of hydrogen-bond donors (Lipinski definition) is 1. The highest BCUT2D eigenvalue weighted by molar-refractivity contribution is 5.84. The van der Waals surface area contributed by atoms with Gasteiger partial charge in [-0.1, -0.05) is 6.07 Å². The second-order valence-electron chi connectivity index (χ2n) is 6.63. The van der Waals surface area contributed by atoms with Crippen LogP contribution >= 0.6 is 0 Å². The Bertz CT molecular complexity index is 867. The molecule has 0 spiro atoms. The van der Waals surface area contributed by atoms with E-state index in [9.17, 15) is 0 Å². The predicted octanol–water partition coefficient (Wildman–Crippen LogP) is 1.93. The zero-order chi connectivity index (χ0) is 20.6. The first-order valence-corrected chi connectivity index (χ1v) is 10.5. The minimum atomic E-state index is 0. The smallest absolute Gasteiger partial charge is 0.161 e. The fourth-order valence-corrected chi connectivity index (χ4v) is 3.48. The molecule has 1 aliphatic heterocycles. The fraction of sp³-hybridized carbons (Fsp3) is 0.417. The van der Waals surface area contributed by atoms with E-state index in [0.29, 0.717) is 26.4 Å². The van der Waals surface area contributed by atoms with Crippen LogP contribution in [0.5, 0.6) is 23.0 Å². The molecule has 1 heterocycles. The topological polar surface area (TPSA) is 49.0 Å². The van der Waals surface area contributed by atoms with Crippen molar-refractivity contribution in [1.82, 2.24) is 5.32 Å². The largest absolute Gasteiger partial charge is 1.00 e. The van der Waals surface area contributed by atoms with E-state index < -0.39 is 0 Å². The van der Waals surface area contributed by atoms with Crippen LogP contribution in [0.4, 0.5) is 0 Å². The Hall–Kier alpha value is -2.53. The van der Waals surface area contributed by atoms with E-state index in [1.807, 2.05) is 39.8 Å². The summed E-state index contributed by atoms with van der Waals surface area (Å²) in [6.07, 6.45) is 3.10. The lowest BCUT2D eigenvalue weighted by atomic mass is 9.96. The number of hydrogen-bond acceptors (Lipinski definition) is 5. The first kappa shape index (κ1) is 23.7. The third-order valence-corrected chi connectivity index (χ3v) is 4.65. The first-order valence-electron chi connectivity index (χ1n) is 10.5. The van der Waals surface area contributed by atoms with Crippen molar-refractivity contribution in [1.29, 1.82) is 0 Å². The van der Waals surface area contributed by atoms with E-state index in [1.54, 1.807) is 0 Å². The van der Waals surface area contributed by atoms with E-state index in [-0.39, 0.29) is 12.4 Å². The number of ether oxygens (including phenoxy) is 4. The van der Waals surface area contributed by atoms with Crippen molar-refractivity contribution in [2.75, 3.05) is 33.0 Å². The zero-order valence-electron chi connectivity index (χ0n) is 18.2. The number of halogens is 1. The van der Waals surface area contributed by atoms with Gasteiger partial charge in [0.1, 0.15) is 0 Å². The maximum atomic E-state index is 5.83. The highest BCUT2D eigenvalue weighted by Crippen LogP contribution is 2.36. The average molecular weight is 433 g/mol. The van der Waals surface area contributed by atoms with Crippen molar-refractivity contribution in [2.24, 2.45) is 0 Å². The van der Waals surface area contributed by atoms with Crippen LogP contribution in [0.3, 0.4) is 0 Å². The second kappa shape index (κ2) is 11.6. The minimum Gasteiger partial charge on any atom is -1.00 e. The fourth-order valence-electron chi connectivity index (χ4n) is 3.48. The van der Waals surface area contributed by atoms with Gasteiger partial charge in [-0.2, -0.15) is 0 Å². The average Bonchev–Trinajstić information content (AvgIpc) is 2.71. The summed E-state index contributed by atoms with van der Waals surface area (Å²) >= 11 is 0. The summed E-state index contributed by atoms with van der Waals surface area (Å²) < 4.78 is 23.1. The summed E-state index contributed by atoms with van der Waals surface area (Å²) in [5.74, 6) is 3.13. The lowest BCUT2D eigenvalue weighted by Gasteiger charge is -2.24. The van der Waals surface area contributed by atoms with Crippen LogP contribution < -0.4 is 36.7 Å². The Balaban J connectivity index is 0.00000320. The first-order chi connectivity index (χ1) is 14.2. The predicted molar refractivity (Wildman–Crippen MR) is 117 cm³/mol. The summed E-state index contributed by atoms with van der Waals surface area (Å²) in [4.78, 5) is 0. The Kier molecular flexibility index (Phi) is 9.18. The van der Waals surface area contributed by atoms with Crippen molar-refractivity contribution in [2.45, 2.75) is 34.1 Å². The van der Waals surface area contributed by atoms with Crippen LogP contribution in [-0.2, 0) is 6.42 Å². The van der Waals surface area contributed by atoms with Crippen molar-refractivity contribution < 1.29 is 31.4 Å². The van der Waals surface area contributed by atoms with Crippen molar-refractivity contribution in [3.63, 3.8) is 0 Å². The molecule has 0 saturated heterocycles. The molecule has 0 bridgehead atoms. The molecule has 0 atom stereocenters. The van der Waals surface area contributed by atoms with Gasteiger partial charge >= 0.3 is 0 Å². The van der Waals surface area contributed by atoms with Gasteiger partial charge in [-0.25, -0.2) is 0 Å². The maximum Gasteiger partial charge on any atom is 0.161 e. The monoisotopic (exact) mass is 432 g/mol. The second-order valence-corrected chi connectivity index (χ2v) is 6.63. The van der Waals surface area contributed by atoms with Gasteiger partial charge < -0.3 is 36.7 Å². The van der Waals surface area contributed by atoms with Gasteiger partial charge in [-0.15, -0.1) is 0 Å². The molecule has 6 heteroatoms. The molecule has 164 valence electrons. The van der Waals surface area contributed by atoms with Gasteiger partial charge in [0.05, 0.1) is 26.4 Å². The van der Waals surface area contributed by atoms with Gasteiger partial charge in [-0.05, 0) is 75.6 Å². The lowest BCUT2D eigenvalue weighted by molar-refractivity contribution is -0.00000785. The third-order valence-electron chi connectivity index (χ3n) is 4.65. The highest BCUT2D eigenvalue weighted by atomic mass is 35.5. The molecule has 0 fully saturated rings. The van der Waals surface area contributed by atoms with Gasteiger partial charge in [0.25, 0.3) is 0 Å². The van der Waals surface area contributed by atoms with Crippen LogP contribution in [0, 0.1) is 0 Å². The van der Waals surface area contributed by atoms with Gasteiger partial charge in [0, 0.05) is 17.8 Å². The molecule has 0 radical (unpaired) electrons. The van der Waals surface area contributed by atoms with E-state index in [0.717, 1.165) is 52.8 Å². The molecular weight excluding hydrogens is 402 g/mol. The van der Waals surface area contributed by atoms with Crippen LogP contribution in [0.25, 0.3) is 11.8 Å². The number of rotatable bonds is 9.